The Morgan fingerprint density at radius 3 is 2.57 bits per heavy atom. The van der Waals surface area contributed by atoms with Crippen molar-refractivity contribution in [2.45, 2.75) is 25.2 Å². The Morgan fingerprint density at radius 2 is 2.00 bits per heavy atom. The lowest BCUT2D eigenvalue weighted by Crippen LogP contribution is -2.01. The minimum atomic E-state index is -0.475. The number of rotatable bonds is 1. The van der Waals surface area contributed by atoms with Crippen LogP contribution in [-0.4, -0.2) is 0 Å². The molecule has 2 heteroatoms. The molecular formula is C12H12F2. The second kappa shape index (κ2) is 2.78. The van der Waals surface area contributed by atoms with Crippen LogP contribution in [0.5, 0.6) is 0 Å². The van der Waals surface area contributed by atoms with Crippen LogP contribution >= 0.6 is 0 Å². The summed E-state index contributed by atoms with van der Waals surface area (Å²) < 4.78 is 26.2. The van der Waals surface area contributed by atoms with Crippen LogP contribution in [-0.2, 0) is 0 Å². The zero-order valence-corrected chi connectivity index (χ0v) is 7.84. The van der Waals surface area contributed by atoms with Gasteiger partial charge < -0.3 is 0 Å². The molecule has 2 fully saturated rings. The molecule has 0 aromatic heterocycles. The largest absolute Gasteiger partial charge is 0.207 e. The van der Waals surface area contributed by atoms with Crippen molar-refractivity contribution in [2.75, 3.05) is 0 Å². The summed E-state index contributed by atoms with van der Waals surface area (Å²) in [6, 6.07) is 4.00. The van der Waals surface area contributed by atoms with Crippen molar-refractivity contribution in [3.05, 3.63) is 35.4 Å². The molecule has 74 valence electrons. The Balaban J connectivity index is 1.95. The lowest BCUT2D eigenvalue weighted by atomic mass is 9.93. The van der Waals surface area contributed by atoms with E-state index in [4.69, 9.17) is 0 Å². The molecular weight excluding hydrogens is 182 g/mol. The summed E-state index contributed by atoms with van der Waals surface area (Å²) in [5.41, 5.74) is 0.733. The fourth-order valence-corrected chi connectivity index (χ4v) is 2.89. The van der Waals surface area contributed by atoms with Crippen LogP contribution in [0.25, 0.3) is 0 Å². The lowest BCUT2D eigenvalue weighted by molar-refractivity contribution is 0.535. The van der Waals surface area contributed by atoms with Crippen molar-refractivity contribution in [3.8, 4) is 0 Å². The van der Waals surface area contributed by atoms with Gasteiger partial charge in [-0.3, -0.25) is 0 Å². The number of fused-ring (bicyclic) bond motifs is 1. The first-order valence-electron chi connectivity index (χ1n) is 5.20. The Hall–Kier alpha value is -0.920. The van der Waals surface area contributed by atoms with Crippen molar-refractivity contribution in [1.29, 1.82) is 0 Å². The maximum atomic E-state index is 13.5. The Kier molecular flexibility index (Phi) is 1.67. The average Bonchev–Trinajstić information content (AvgIpc) is 2.81. The van der Waals surface area contributed by atoms with Crippen LogP contribution < -0.4 is 0 Å². The van der Waals surface area contributed by atoms with E-state index in [9.17, 15) is 8.78 Å². The monoisotopic (exact) mass is 194 g/mol. The number of halogens is 2. The minimum absolute atomic E-state index is 0.359. The van der Waals surface area contributed by atoms with E-state index in [1.165, 1.54) is 18.9 Å². The Morgan fingerprint density at radius 1 is 1.14 bits per heavy atom. The summed E-state index contributed by atoms with van der Waals surface area (Å²) in [5.74, 6) is 1.05. The van der Waals surface area contributed by atoms with Gasteiger partial charge in [0.1, 0.15) is 11.6 Å². The second-order valence-corrected chi connectivity index (χ2v) is 4.51. The predicted octanol–water partition coefficient (Wildman–Crippen LogP) is 3.48. The molecule has 2 saturated carbocycles. The first-order valence-corrected chi connectivity index (χ1v) is 5.20. The Labute approximate surface area is 81.9 Å². The number of hydrogen-bond acceptors (Lipinski definition) is 0. The van der Waals surface area contributed by atoms with Crippen LogP contribution in [0.2, 0.25) is 0 Å². The molecule has 14 heavy (non-hydrogen) atoms. The SMILES string of the molecule is Fc1ccc(C2CCC3CC32)c(F)c1. The first-order chi connectivity index (χ1) is 6.75. The normalized spacial score (nSPS) is 34.3. The van der Waals surface area contributed by atoms with Crippen LogP contribution in [0, 0.1) is 23.5 Å². The molecule has 0 bridgehead atoms. The van der Waals surface area contributed by atoms with E-state index < -0.39 is 5.82 Å². The highest BCUT2D eigenvalue weighted by molar-refractivity contribution is 5.27. The van der Waals surface area contributed by atoms with Crippen LogP contribution in [0.1, 0.15) is 30.7 Å². The fraction of sp³-hybridized carbons (Fsp3) is 0.500. The standard InChI is InChI=1S/C12H12F2/c13-8-2-4-10(12(14)6-8)9-3-1-7-5-11(7)9/h2,4,6-7,9,11H,1,3,5H2. The molecule has 0 amide bonds. The minimum Gasteiger partial charge on any atom is -0.207 e. The van der Waals surface area contributed by atoms with Crippen molar-refractivity contribution in [2.24, 2.45) is 11.8 Å². The first kappa shape index (κ1) is 8.39. The van der Waals surface area contributed by atoms with Gasteiger partial charge in [-0.15, -0.1) is 0 Å². The van der Waals surface area contributed by atoms with Gasteiger partial charge in [0.15, 0.2) is 0 Å². The van der Waals surface area contributed by atoms with Gasteiger partial charge in [-0.2, -0.15) is 0 Å². The molecule has 0 spiro atoms. The van der Waals surface area contributed by atoms with Gasteiger partial charge in [-0.25, -0.2) is 8.78 Å². The third-order valence-corrected chi connectivity index (χ3v) is 3.70. The van der Waals surface area contributed by atoms with Gasteiger partial charge in [-0.05, 0) is 48.6 Å². The number of benzene rings is 1. The quantitative estimate of drug-likeness (QED) is 0.642. The van der Waals surface area contributed by atoms with Crippen molar-refractivity contribution < 1.29 is 8.78 Å². The lowest BCUT2D eigenvalue weighted by Gasteiger charge is -2.12. The molecule has 0 aliphatic heterocycles. The molecule has 1 aromatic carbocycles. The maximum Gasteiger partial charge on any atom is 0.129 e. The van der Waals surface area contributed by atoms with Gasteiger partial charge >= 0.3 is 0 Å². The van der Waals surface area contributed by atoms with Crippen LogP contribution in [0.3, 0.4) is 0 Å². The maximum absolute atomic E-state index is 13.5. The third-order valence-electron chi connectivity index (χ3n) is 3.70. The molecule has 1 aromatic rings. The van der Waals surface area contributed by atoms with E-state index in [1.54, 1.807) is 6.07 Å². The van der Waals surface area contributed by atoms with E-state index in [0.29, 0.717) is 11.8 Å². The van der Waals surface area contributed by atoms with E-state index in [1.807, 2.05) is 0 Å². The van der Waals surface area contributed by atoms with Crippen molar-refractivity contribution >= 4 is 0 Å². The van der Waals surface area contributed by atoms with E-state index in [0.717, 1.165) is 24.0 Å². The summed E-state index contributed by atoms with van der Waals surface area (Å²) in [6.07, 6.45) is 3.56. The predicted molar refractivity (Wildman–Crippen MR) is 49.9 cm³/mol. The summed E-state index contributed by atoms with van der Waals surface area (Å²) in [6.45, 7) is 0. The van der Waals surface area contributed by atoms with Crippen molar-refractivity contribution in [1.82, 2.24) is 0 Å². The summed E-state index contributed by atoms with van der Waals surface area (Å²) >= 11 is 0. The van der Waals surface area contributed by atoms with E-state index >= 15 is 0 Å². The molecule has 2 aliphatic rings. The molecule has 2 aliphatic carbocycles. The molecule has 0 radical (unpaired) electrons. The highest BCUT2D eigenvalue weighted by atomic mass is 19.1. The van der Waals surface area contributed by atoms with Gasteiger partial charge in [0.2, 0.25) is 0 Å². The van der Waals surface area contributed by atoms with Crippen molar-refractivity contribution in [3.63, 3.8) is 0 Å². The topological polar surface area (TPSA) is 0 Å². The van der Waals surface area contributed by atoms with Crippen LogP contribution in [0.4, 0.5) is 8.78 Å². The molecule has 3 atom stereocenters. The summed E-state index contributed by atoms with van der Waals surface area (Å²) in [7, 11) is 0. The van der Waals surface area contributed by atoms with E-state index in [-0.39, 0.29) is 5.82 Å². The van der Waals surface area contributed by atoms with Gasteiger partial charge in [0.05, 0.1) is 0 Å². The average molecular weight is 194 g/mol. The molecule has 0 heterocycles. The Bertz CT molecular complexity index is 373. The van der Waals surface area contributed by atoms with Gasteiger partial charge in [0.25, 0.3) is 0 Å². The molecule has 0 saturated heterocycles. The molecule has 0 N–H and O–H groups in total. The summed E-state index contributed by atoms with van der Waals surface area (Å²) in [4.78, 5) is 0. The molecule has 3 rings (SSSR count). The zero-order valence-electron chi connectivity index (χ0n) is 7.84. The van der Waals surface area contributed by atoms with Gasteiger partial charge in [-0.1, -0.05) is 6.07 Å². The molecule has 3 unspecified atom stereocenters. The second-order valence-electron chi connectivity index (χ2n) is 4.51. The highest BCUT2D eigenvalue weighted by Crippen LogP contribution is 2.59. The van der Waals surface area contributed by atoms with Crippen LogP contribution in [0.15, 0.2) is 18.2 Å². The number of hydrogen-bond donors (Lipinski definition) is 0. The zero-order chi connectivity index (χ0) is 9.71. The van der Waals surface area contributed by atoms with Gasteiger partial charge in [0, 0.05) is 6.07 Å². The third kappa shape index (κ3) is 1.17. The fourth-order valence-electron chi connectivity index (χ4n) is 2.89. The summed E-state index contributed by atoms with van der Waals surface area (Å²) in [5, 5.41) is 0. The highest BCUT2D eigenvalue weighted by Gasteiger charge is 2.48. The molecule has 0 nitrogen and oxygen atoms in total. The smallest absolute Gasteiger partial charge is 0.129 e. The van der Waals surface area contributed by atoms with E-state index in [2.05, 4.69) is 0 Å².